The maximum atomic E-state index is 12.2. The van der Waals surface area contributed by atoms with Gasteiger partial charge in [-0.2, -0.15) is 0 Å². The standard InChI is InChI=1S/C10H10BrNO2S/c11-7-1-2-9-8(5-7)12-6-10(3-4-10)15(9,13)14/h1-2,5,12H,3-4,6H2. The molecule has 3 rings (SSSR count). The van der Waals surface area contributed by atoms with Gasteiger partial charge in [-0.1, -0.05) is 15.9 Å². The third kappa shape index (κ3) is 1.19. The second-order valence-electron chi connectivity index (χ2n) is 4.18. The zero-order valence-electron chi connectivity index (χ0n) is 7.96. The fourth-order valence-corrected chi connectivity index (χ4v) is 4.44. The van der Waals surface area contributed by atoms with Crippen molar-refractivity contribution < 1.29 is 8.42 Å². The Labute approximate surface area is 96.9 Å². The molecule has 1 aromatic carbocycles. The zero-order chi connectivity index (χ0) is 10.7. The van der Waals surface area contributed by atoms with Gasteiger partial charge >= 0.3 is 0 Å². The van der Waals surface area contributed by atoms with Crippen molar-refractivity contribution in [3.8, 4) is 0 Å². The molecule has 5 heteroatoms. The van der Waals surface area contributed by atoms with Gasteiger partial charge in [0.1, 0.15) is 0 Å². The Balaban J connectivity index is 2.24. The summed E-state index contributed by atoms with van der Waals surface area (Å²) in [7, 11) is -3.11. The van der Waals surface area contributed by atoms with Crippen LogP contribution < -0.4 is 5.32 Å². The first-order valence-electron chi connectivity index (χ1n) is 4.83. The van der Waals surface area contributed by atoms with E-state index in [-0.39, 0.29) is 0 Å². The number of hydrogen-bond donors (Lipinski definition) is 1. The molecular weight excluding hydrogens is 278 g/mol. The number of sulfone groups is 1. The summed E-state index contributed by atoms with van der Waals surface area (Å²) in [4.78, 5) is 0.453. The number of benzene rings is 1. The molecule has 1 N–H and O–H groups in total. The molecule has 0 radical (unpaired) electrons. The molecule has 1 aliphatic carbocycles. The average molecular weight is 288 g/mol. The lowest BCUT2D eigenvalue weighted by Crippen LogP contribution is -2.36. The predicted octanol–water partition coefficient (Wildman–Crippen LogP) is 2.18. The van der Waals surface area contributed by atoms with E-state index < -0.39 is 14.6 Å². The van der Waals surface area contributed by atoms with E-state index in [2.05, 4.69) is 21.2 Å². The van der Waals surface area contributed by atoms with Gasteiger partial charge in [-0.15, -0.1) is 0 Å². The Kier molecular flexibility index (Phi) is 1.78. The van der Waals surface area contributed by atoms with Crippen LogP contribution in [0.3, 0.4) is 0 Å². The number of halogens is 1. The number of anilines is 1. The summed E-state index contributed by atoms with van der Waals surface area (Å²) >= 11 is 3.34. The van der Waals surface area contributed by atoms with E-state index >= 15 is 0 Å². The van der Waals surface area contributed by atoms with Crippen molar-refractivity contribution in [3.63, 3.8) is 0 Å². The van der Waals surface area contributed by atoms with Crippen molar-refractivity contribution in [1.82, 2.24) is 0 Å². The lowest BCUT2D eigenvalue weighted by atomic mass is 10.3. The van der Waals surface area contributed by atoms with Crippen LogP contribution in [0.25, 0.3) is 0 Å². The summed E-state index contributed by atoms with van der Waals surface area (Å²) in [6.45, 7) is 0.554. The van der Waals surface area contributed by atoms with E-state index in [1.807, 2.05) is 6.07 Å². The summed E-state index contributed by atoms with van der Waals surface area (Å²) < 4.78 is 24.9. The maximum Gasteiger partial charge on any atom is 0.187 e. The van der Waals surface area contributed by atoms with Crippen molar-refractivity contribution in [3.05, 3.63) is 22.7 Å². The first kappa shape index (κ1) is 9.66. The molecule has 0 unspecified atom stereocenters. The molecule has 15 heavy (non-hydrogen) atoms. The van der Waals surface area contributed by atoms with Gasteiger partial charge in [-0.05, 0) is 31.0 Å². The second kappa shape index (κ2) is 2.77. The topological polar surface area (TPSA) is 46.2 Å². The molecule has 3 nitrogen and oxygen atoms in total. The first-order chi connectivity index (χ1) is 7.05. The van der Waals surface area contributed by atoms with Gasteiger partial charge in [0.15, 0.2) is 9.84 Å². The molecule has 1 aliphatic heterocycles. The van der Waals surface area contributed by atoms with Gasteiger partial charge in [0.05, 0.1) is 15.3 Å². The van der Waals surface area contributed by atoms with Crippen LogP contribution in [0.5, 0.6) is 0 Å². The fraction of sp³-hybridized carbons (Fsp3) is 0.400. The Morgan fingerprint density at radius 3 is 2.73 bits per heavy atom. The van der Waals surface area contributed by atoms with Crippen LogP contribution >= 0.6 is 15.9 Å². The van der Waals surface area contributed by atoms with E-state index in [4.69, 9.17) is 0 Å². The minimum Gasteiger partial charge on any atom is -0.382 e. The molecule has 0 saturated heterocycles. The number of nitrogens with one attached hydrogen (secondary N) is 1. The molecule has 1 fully saturated rings. The lowest BCUT2D eigenvalue weighted by molar-refractivity contribution is 0.576. The molecule has 2 aliphatic rings. The average Bonchev–Trinajstić information content (AvgIpc) is 2.94. The highest BCUT2D eigenvalue weighted by Gasteiger charge is 2.57. The van der Waals surface area contributed by atoms with E-state index in [1.54, 1.807) is 12.1 Å². The second-order valence-corrected chi connectivity index (χ2v) is 7.41. The summed E-state index contributed by atoms with van der Waals surface area (Å²) in [6.07, 6.45) is 1.58. The molecule has 1 saturated carbocycles. The van der Waals surface area contributed by atoms with Gasteiger partial charge in [0, 0.05) is 11.0 Å². The molecule has 80 valence electrons. The quantitative estimate of drug-likeness (QED) is 0.796. The molecule has 0 atom stereocenters. The van der Waals surface area contributed by atoms with Gasteiger partial charge in [-0.3, -0.25) is 0 Å². The van der Waals surface area contributed by atoms with E-state index in [0.29, 0.717) is 11.4 Å². The zero-order valence-corrected chi connectivity index (χ0v) is 10.4. The van der Waals surface area contributed by atoms with E-state index in [0.717, 1.165) is 23.0 Å². The first-order valence-corrected chi connectivity index (χ1v) is 7.11. The lowest BCUT2D eigenvalue weighted by Gasteiger charge is -2.26. The Morgan fingerprint density at radius 1 is 1.33 bits per heavy atom. The van der Waals surface area contributed by atoms with Gasteiger partial charge in [-0.25, -0.2) is 8.42 Å². The largest absolute Gasteiger partial charge is 0.382 e. The normalized spacial score (nSPS) is 24.3. The Morgan fingerprint density at radius 2 is 2.07 bits per heavy atom. The monoisotopic (exact) mass is 287 g/mol. The highest BCUT2D eigenvalue weighted by Crippen LogP contribution is 2.51. The smallest absolute Gasteiger partial charge is 0.187 e. The van der Waals surface area contributed by atoms with Gasteiger partial charge < -0.3 is 5.32 Å². The molecule has 1 aromatic rings. The van der Waals surface area contributed by atoms with E-state index in [1.165, 1.54) is 0 Å². The SMILES string of the molecule is O=S1(=O)c2ccc(Br)cc2NCC12CC2. The van der Waals surface area contributed by atoms with Gasteiger partial charge in [0.2, 0.25) is 0 Å². The van der Waals surface area contributed by atoms with Gasteiger partial charge in [0.25, 0.3) is 0 Å². The van der Waals surface area contributed by atoms with Crippen molar-refractivity contribution >= 4 is 31.5 Å². The maximum absolute atomic E-state index is 12.2. The molecule has 1 heterocycles. The fourth-order valence-electron chi connectivity index (χ4n) is 2.04. The van der Waals surface area contributed by atoms with Crippen molar-refractivity contribution in [2.45, 2.75) is 22.5 Å². The van der Waals surface area contributed by atoms with E-state index in [9.17, 15) is 8.42 Å². The predicted molar refractivity (Wildman–Crippen MR) is 61.8 cm³/mol. The molecule has 0 aromatic heterocycles. The third-order valence-electron chi connectivity index (χ3n) is 3.21. The number of hydrogen-bond acceptors (Lipinski definition) is 3. The molecule has 0 bridgehead atoms. The van der Waals surface area contributed by atoms with Crippen LogP contribution in [0.4, 0.5) is 5.69 Å². The Hall–Kier alpha value is -0.550. The van der Waals surface area contributed by atoms with Crippen molar-refractivity contribution in [1.29, 1.82) is 0 Å². The van der Waals surface area contributed by atoms with Crippen LogP contribution in [0.15, 0.2) is 27.6 Å². The minimum atomic E-state index is -3.11. The third-order valence-corrected chi connectivity index (χ3v) is 6.33. The molecule has 1 spiro atoms. The summed E-state index contributed by atoms with van der Waals surface area (Å²) in [5.41, 5.74) is 0.724. The number of rotatable bonds is 0. The minimum absolute atomic E-state index is 0.453. The van der Waals surface area contributed by atoms with Crippen LogP contribution in [0, 0.1) is 0 Å². The van der Waals surface area contributed by atoms with Crippen LogP contribution in [-0.4, -0.2) is 19.7 Å². The van der Waals surface area contributed by atoms with Crippen LogP contribution in [-0.2, 0) is 9.84 Å². The highest BCUT2D eigenvalue weighted by atomic mass is 79.9. The van der Waals surface area contributed by atoms with Crippen LogP contribution in [0.2, 0.25) is 0 Å². The summed E-state index contributed by atoms with van der Waals surface area (Å²) in [6, 6.07) is 5.28. The highest BCUT2D eigenvalue weighted by molar-refractivity contribution is 9.10. The summed E-state index contributed by atoms with van der Waals surface area (Å²) in [5, 5.41) is 3.20. The number of fused-ring (bicyclic) bond motifs is 1. The molecule has 0 amide bonds. The molecular formula is C10H10BrNO2S. The summed E-state index contributed by atoms with van der Waals surface area (Å²) in [5.74, 6) is 0. The van der Waals surface area contributed by atoms with Crippen molar-refractivity contribution in [2.75, 3.05) is 11.9 Å². The van der Waals surface area contributed by atoms with Crippen molar-refractivity contribution in [2.24, 2.45) is 0 Å². The van der Waals surface area contributed by atoms with Crippen LogP contribution in [0.1, 0.15) is 12.8 Å². The Bertz CT molecular complexity index is 534.